The third kappa shape index (κ3) is 3.17. The van der Waals surface area contributed by atoms with E-state index in [-0.39, 0.29) is 11.8 Å². The fourth-order valence-electron chi connectivity index (χ4n) is 4.50. The molecule has 0 bridgehead atoms. The fourth-order valence-corrected chi connectivity index (χ4v) is 5.95. The molecule has 32 heavy (non-hydrogen) atoms. The molecule has 6 heteroatoms. The van der Waals surface area contributed by atoms with Crippen LogP contribution in [0.2, 0.25) is 0 Å². The summed E-state index contributed by atoms with van der Waals surface area (Å²) in [6.45, 7) is 2.96. The molecule has 2 amide bonds. The van der Waals surface area contributed by atoms with Crippen LogP contribution >= 0.6 is 11.8 Å². The molecule has 0 saturated carbocycles. The smallest absolute Gasteiger partial charge is 0.268 e. The van der Waals surface area contributed by atoms with Gasteiger partial charge in [-0.05, 0) is 42.8 Å². The van der Waals surface area contributed by atoms with Gasteiger partial charge in [0.25, 0.3) is 11.8 Å². The van der Waals surface area contributed by atoms with E-state index in [9.17, 15) is 9.59 Å². The lowest BCUT2D eigenvalue weighted by atomic mass is 10.0. The van der Waals surface area contributed by atoms with Crippen molar-refractivity contribution in [1.82, 2.24) is 4.90 Å². The monoisotopic (exact) mass is 444 g/mol. The Labute approximate surface area is 192 Å². The van der Waals surface area contributed by atoms with Crippen LogP contribution in [0.5, 0.6) is 5.75 Å². The summed E-state index contributed by atoms with van der Waals surface area (Å²) >= 11 is 1.53. The van der Waals surface area contributed by atoms with Crippen LogP contribution in [0, 0.1) is 6.92 Å². The number of methoxy groups -OCH3 is 1. The van der Waals surface area contributed by atoms with Crippen LogP contribution in [0.1, 0.15) is 27.0 Å². The number of benzene rings is 3. The molecule has 162 valence electrons. The average Bonchev–Trinajstić information content (AvgIpc) is 3.36. The summed E-state index contributed by atoms with van der Waals surface area (Å²) < 4.78 is 5.48. The van der Waals surface area contributed by atoms with Gasteiger partial charge in [-0.15, -0.1) is 11.8 Å². The fraction of sp³-hybridized carbons (Fsp3) is 0.231. The highest BCUT2D eigenvalue weighted by molar-refractivity contribution is 8.01. The minimum atomic E-state index is -1.08. The molecule has 2 aliphatic heterocycles. The van der Waals surface area contributed by atoms with Gasteiger partial charge in [0.2, 0.25) is 0 Å². The van der Waals surface area contributed by atoms with Crippen molar-refractivity contribution >= 4 is 29.3 Å². The van der Waals surface area contributed by atoms with Crippen molar-refractivity contribution in [2.45, 2.75) is 18.3 Å². The predicted octanol–water partition coefficient (Wildman–Crippen LogP) is 4.59. The molecule has 1 fully saturated rings. The number of rotatable bonds is 4. The summed E-state index contributed by atoms with van der Waals surface area (Å²) in [6.07, 6.45) is 0. The lowest BCUT2D eigenvalue weighted by Crippen LogP contribution is -2.50. The predicted molar refractivity (Wildman–Crippen MR) is 127 cm³/mol. The van der Waals surface area contributed by atoms with Crippen LogP contribution in [-0.2, 0) is 16.2 Å². The number of nitrogens with zero attached hydrogens (tertiary/aromatic N) is 2. The molecule has 2 aliphatic rings. The quantitative estimate of drug-likeness (QED) is 0.591. The summed E-state index contributed by atoms with van der Waals surface area (Å²) in [4.78, 5) is 30.1. The molecule has 0 aromatic heterocycles. The van der Waals surface area contributed by atoms with E-state index in [2.05, 4.69) is 0 Å². The van der Waals surface area contributed by atoms with Gasteiger partial charge in [-0.3, -0.25) is 9.59 Å². The van der Waals surface area contributed by atoms with E-state index in [1.165, 1.54) is 11.8 Å². The van der Waals surface area contributed by atoms with E-state index in [4.69, 9.17) is 4.74 Å². The number of fused-ring (bicyclic) bond motifs is 2. The maximum Gasteiger partial charge on any atom is 0.268 e. The second-order valence-corrected chi connectivity index (χ2v) is 9.36. The first-order valence-corrected chi connectivity index (χ1v) is 11.6. The molecule has 5 rings (SSSR count). The third-order valence-electron chi connectivity index (χ3n) is 6.13. The maximum atomic E-state index is 14.1. The number of thioether (sulfide) groups is 1. The molecule has 1 saturated heterocycles. The lowest BCUT2D eigenvalue weighted by Gasteiger charge is -2.33. The Kier molecular flexibility index (Phi) is 5.18. The first-order chi connectivity index (χ1) is 15.5. The highest BCUT2D eigenvalue weighted by Gasteiger charge is 2.59. The number of ether oxygens (including phenoxy) is 1. The van der Waals surface area contributed by atoms with Crippen molar-refractivity contribution in [1.29, 1.82) is 0 Å². The number of carbonyl (C=O) groups is 2. The largest absolute Gasteiger partial charge is 0.497 e. The normalized spacial score (nSPS) is 19.5. The van der Waals surface area contributed by atoms with E-state index in [0.717, 1.165) is 22.4 Å². The van der Waals surface area contributed by atoms with E-state index in [1.807, 2.05) is 79.7 Å². The molecule has 3 aromatic rings. The van der Waals surface area contributed by atoms with Crippen molar-refractivity contribution in [3.63, 3.8) is 0 Å². The van der Waals surface area contributed by atoms with Gasteiger partial charge in [-0.2, -0.15) is 0 Å². The molecular formula is C26H24N2O3S. The highest BCUT2D eigenvalue weighted by atomic mass is 32.2. The molecule has 1 atom stereocenters. The van der Waals surface area contributed by atoms with Gasteiger partial charge in [0.05, 0.1) is 19.3 Å². The summed E-state index contributed by atoms with van der Waals surface area (Å²) in [6, 6.07) is 23.2. The summed E-state index contributed by atoms with van der Waals surface area (Å²) in [5.74, 6) is 1.16. The van der Waals surface area contributed by atoms with Crippen LogP contribution in [0.25, 0.3) is 0 Å². The maximum absolute atomic E-state index is 14.1. The van der Waals surface area contributed by atoms with Gasteiger partial charge >= 0.3 is 0 Å². The van der Waals surface area contributed by atoms with Gasteiger partial charge in [0, 0.05) is 23.4 Å². The zero-order valence-corrected chi connectivity index (χ0v) is 18.9. The minimum absolute atomic E-state index is 0.0763. The van der Waals surface area contributed by atoms with E-state index < -0.39 is 4.87 Å². The average molecular weight is 445 g/mol. The van der Waals surface area contributed by atoms with Crippen LogP contribution < -0.4 is 9.64 Å². The van der Waals surface area contributed by atoms with Crippen LogP contribution in [0.4, 0.5) is 5.69 Å². The third-order valence-corrected chi connectivity index (χ3v) is 7.55. The summed E-state index contributed by atoms with van der Waals surface area (Å²) in [5, 5.41) is 0. The first-order valence-electron chi connectivity index (χ1n) is 10.6. The Bertz CT molecular complexity index is 1180. The van der Waals surface area contributed by atoms with Gasteiger partial charge in [0.1, 0.15) is 5.75 Å². The number of aryl methyl sites for hydroxylation is 1. The van der Waals surface area contributed by atoms with E-state index >= 15 is 0 Å². The highest BCUT2D eigenvalue weighted by Crippen LogP contribution is 2.55. The Hall–Kier alpha value is -3.25. The Balaban J connectivity index is 1.61. The molecule has 2 heterocycles. The molecule has 0 N–H and O–H groups in total. The summed E-state index contributed by atoms with van der Waals surface area (Å²) in [7, 11) is 1.62. The standard InChI is InChI=1S/C26H24N2O3S/c1-18-8-10-20(11-9-18)24(29)28-14-15-32-26(28)22-16-21(31-2)12-13-23(22)27(25(26)30)17-19-6-4-3-5-7-19/h3-13,16H,14-15,17H2,1-2H3/t26-/m0/s1. The molecule has 0 aliphatic carbocycles. The van der Waals surface area contributed by atoms with Gasteiger partial charge in [-0.1, -0.05) is 48.0 Å². The number of carbonyl (C=O) groups excluding carboxylic acids is 2. The number of amides is 2. The van der Waals surface area contributed by atoms with E-state index in [1.54, 1.807) is 16.9 Å². The number of anilines is 1. The topological polar surface area (TPSA) is 49.9 Å². The van der Waals surface area contributed by atoms with Crippen molar-refractivity contribution < 1.29 is 14.3 Å². The van der Waals surface area contributed by atoms with Crippen molar-refractivity contribution in [3.8, 4) is 5.75 Å². The van der Waals surface area contributed by atoms with Crippen LogP contribution in [0.15, 0.2) is 72.8 Å². The lowest BCUT2D eigenvalue weighted by molar-refractivity contribution is -0.123. The van der Waals surface area contributed by atoms with Crippen molar-refractivity contribution in [2.75, 3.05) is 24.3 Å². The molecule has 3 aromatic carbocycles. The second-order valence-electron chi connectivity index (χ2n) is 8.08. The molecular weight excluding hydrogens is 420 g/mol. The Morgan fingerprint density at radius 2 is 1.81 bits per heavy atom. The molecule has 1 spiro atoms. The SMILES string of the molecule is COc1ccc2c(c1)[C@]1(SCCN1C(=O)c1ccc(C)cc1)C(=O)N2Cc1ccccc1. The minimum Gasteiger partial charge on any atom is -0.497 e. The van der Waals surface area contributed by atoms with Crippen molar-refractivity contribution in [3.05, 3.63) is 95.1 Å². The Morgan fingerprint density at radius 1 is 1.06 bits per heavy atom. The zero-order chi connectivity index (χ0) is 22.3. The molecule has 0 radical (unpaired) electrons. The van der Waals surface area contributed by atoms with Crippen LogP contribution in [0.3, 0.4) is 0 Å². The van der Waals surface area contributed by atoms with E-state index in [0.29, 0.717) is 30.2 Å². The van der Waals surface area contributed by atoms with Gasteiger partial charge < -0.3 is 14.5 Å². The molecule has 5 nitrogen and oxygen atoms in total. The van der Waals surface area contributed by atoms with Crippen molar-refractivity contribution in [2.24, 2.45) is 0 Å². The molecule has 0 unspecified atom stereocenters. The Morgan fingerprint density at radius 3 is 2.53 bits per heavy atom. The second kappa shape index (κ2) is 8.02. The number of hydrogen-bond donors (Lipinski definition) is 0. The van der Waals surface area contributed by atoms with Gasteiger partial charge in [0.15, 0.2) is 4.87 Å². The number of hydrogen-bond acceptors (Lipinski definition) is 4. The zero-order valence-electron chi connectivity index (χ0n) is 18.1. The summed E-state index contributed by atoms with van der Waals surface area (Å²) in [5.41, 5.74) is 4.37. The van der Waals surface area contributed by atoms with Crippen LogP contribution in [-0.4, -0.2) is 36.1 Å². The van der Waals surface area contributed by atoms with Gasteiger partial charge in [-0.25, -0.2) is 0 Å². The first kappa shape index (κ1) is 20.6.